The predicted molar refractivity (Wildman–Crippen MR) is 73.3 cm³/mol. The molecule has 1 aromatic carbocycles. The molecule has 1 aliphatic heterocycles. The fourth-order valence-corrected chi connectivity index (χ4v) is 2.45. The van der Waals surface area contributed by atoms with Crippen LogP contribution in [0, 0.1) is 13.8 Å². The van der Waals surface area contributed by atoms with Crippen LogP contribution in [-0.2, 0) is 6.54 Å². The van der Waals surface area contributed by atoms with Crippen molar-refractivity contribution in [3.8, 4) is 0 Å². The van der Waals surface area contributed by atoms with Gasteiger partial charge in [-0.1, -0.05) is 30.7 Å². The van der Waals surface area contributed by atoms with Crippen molar-refractivity contribution in [1.82, 2.24) is 10.2 Å². The Morgan fingerprint density at radius 3 is 2.59 bits per heavy atom. The van der Waals surface area contributed by atoms with Crippen LogP contribution in [0.2, 0.25) is 0 Å². The summed E-state index contributed by atoms with van der Waals surface area (Å²) in [5.41, 5.74) is 4.27. The van der Waals surface area contributed by atoms with Gasteiger partial charge in [0, 0.05) is 25.7 Å². The van der Waals surface area contributed by atoms with Crippen molar-refractivity contribution in [3.63, 3.8) is 0 Å². The highest BCUT2D eigenvalue weighted by Gasteiger charge is 2.23. The molecule has 0 saturated carbocycles. The minimum atomic E-state index is 0.746. The molecular formula is C15H24N2. The summed E-state index contributed by atoms with van der Waals surface area (Å²) in [5.74, 6) is 0. The van der Waals surface area contributed by atoms with E-state index in [-0.39, 0.29) is 0 Å². The molecule has 1 saturated heterocycles. The highest BCUT2D eigenvalue weighted by Crippen LogP contribution is 2.16. The van der Waals surface area contributed by atoms with Gasteiger partial charge in [0.25, 0.3) is 0 Å². The Hall–Kier alpha value is -0.860. The van der Waals surface area contributed by atoms with Crippen LogP contribution in [-0.4, -0.2) is 30.6 Å². The average Bonchev–Trinajstić information content (AvgIpc) is 2.20. The zero-order valence-electron chi connectivity index (χ0n) is 11.3. The molecule has 94 valence electrons. The number of aryl methyl sites for hydroxylation is 2. The smallest absolute Gasteiger partial charge is 0.0348 e. The summed E-state index contributed by atoms with van der Waals surface area (Å²) in [5, 5.41) is 3.37. The zero-order chi connectivity index (χ0) is 12.3. The Kier molecular flexibility index (Phi) is 4.19. The molecule has 0 spiro atoms. The summed E-state index contributed by atoms with van der Waals surface area (Å²) in [6, 6.07) is 7.55. The van der Waals surface area contributed by atoms with Crippen LogP contribution in [0.3, 0.4) is 0 Å². The number of benzene rings is 1. The lowest BCUT2D eigenvalue weighted by Gasteiger charge is -2.38. The molecule has 0 atom stereocenters. The average molecular weight is 232 g/mol. The van der Waals surface area contributed by atoms with E-state index < -0.39 is 0 Å². The molecule has 17 heavy (non-hydrogen) atoms. The minimum absolute atomic E-state index is 0.746. The third kappa shape index (κ3) is 3.08. The number of hydrogen-bond donors (Lipinski definition) is 1. The second kappa shape index (κ2) is 5.65. The van der Waals surface area contributed by atoms with Crippen LogP contribution < -0.4 is 5.32 Å². The first-order valence-corrected chi connectivity index (χ1v) is 6.71. The lowest BCUT2D eigenvalue weighted by molar-refractivity contribution is 0.137. The van der Waals surface area contributed by atoms with Gasteiger partial charge in [-0.3, -0.25) is 4.90 Å². The summed E-state index contributed by atoms with van der Waals surface area (Å²) in [6.07, 6.45) is 1.24. The summed E-state index contributed by atoms with van der Waals surface area (Å²) in [6.45, 7) is 11.3. The molecular weight excluding hydrogens is 208 g/mol. The third-order valence-electron chi connectivity index (χ3n) is 3.66. The first-order valence-electron chi connectivity index (χ1n) is 6.71. The van der Waals surface area contributed by atoms with Crippen molar-refractivity contribution < 1.29 is 0 Å². The number of nitrogens with one attached hydrogen (secondary N) is 1. The molecule has 2 heteroatoms. The normalized spacial score (nSPS) is 16.2. The number of rotatable bonds is 5. The van der Waals surface area contributed by atoms with Crippen LogP contribution in [0.25, 0.3) is 0 Å². The molecule has 0 amide bonds. The molecule has 1 aliphatic rings. The quantitative estimate of drug-likeness (QED) is 0.839. The fraction of sp³-hybridized carbons (Fsp3) is 0.600. The highest BCUT2D eigenvalue weighted by molar-refractivity contribution is 5.30. The van der Waals surface area contributed by atoms with Crippen molar-refractivity contribution in [2.45, 2.75) is 39.8 Å². The predicted octanol–water partition coefficient (Wildman–Crippen LogP) is 2.49. The van der Waals surface area contributed by atoms with Gasteiger partial charge >= 0.3 is 0 Å². The maximum absolute atomic E-state index is 3.37. The molecule has 2 rings (SSSR count). The minimum Gasteiger partial charge on any atom is -0.314 e. The Morgan fingerprint density at radius 2 is 2.06 bits per heavy atom. The van der Waals surface area contributed by atoms with Crippen LogP contribution in [0.15, 0.2) is 18.2 Å². The van der Waals surface area contributed by atoms with Gasteiger partial charge in [0.05, 0.1) is 0 Å². The maximum Gasteiger partial charge on any atom is 0.0348 e. The number of hydrogen-bond acceptors (Lipinski definition) is 2. The van der Waals surface area contributed by atoms with E-state index in [2.05, 4.69) is 49.2 Å². The standard InChI is InChI=1S/C15H24N2/c1-4-7-17(15-9-16-10-15)11-14-6-5-12(2)8-13(14)3/h5-6,8,15-16H,4,7,9-11H2,1-3H3. The molecule has 0 radical (unpaired) electrons. The second-order valence-electron chi connectivity index (χ2n) is 5.21. The summed E-state index contributed by atoms with van der Waals surface area (Å²) in [4.78, 5) is 2.62. The van der Waals surface area contributed by atoms with Crippen molar-refractivity contribution in [2.75, 3.05) is 19.6 Å². The van der Waals surface area contributed by atoms with Gasteiger partial charge in [-0.2, -0.15) is 0 Å². The van der Waals surface area contributed by atoms with Crippen LogP contribution >= 0.6 is 0 Å². The summed E-state index contributed by atoms with van der Waals surface area (Å²) >= 11 is 0. The van der Waals surface area contributed by atoms with Crippen LogP contribution in [0.5, 0.6) is 0 Å². The summed E-state index contributed by atoms with van der Waals surface area (Å²) in [7, 11) is 0. The van der Waals surface area contributed by atoms with E-state index in [0.717, 1.165) is 25.7 Å². The maximum atomic E-state index is 3.37. The van der Waals surface area contributed by atoms with Gasteiger partial charge in [-0.15, -0.1) is 0 Å². The van der Waals surface area contributed by atoms with Crippen molar-refractivity contribution in [2.24, 2.45) is 0 Å². The third-order valence-corrected chi connectivity index (χ3v) is 3.66. The van der Waals surface area contributed by atoms with E-state index in [1.54, 1.807) is 0 Å². The van der Waals surface area contributed by atoms with E-state index >= 15 is 0 Å². The van der Waals surface area contributed by atoms with Crippen molar-refractivity contribution in [1.29, 1.82) is 0 Å². The molecule has 1 heterocycles. The molecule has 0 bridgehead atoms. The van der Waals surface area contributed by atoms with E-state index in [1.807, 2.05) is 0 Å². The Bertz CT molecular complexity index is 369. The largest absolute Gasteiger partial charge is 0.314 e. The zero-order valence-corrected chi connectivity index (χ0v) is 11.3. The number of nitrogens with zero attached hydrogens (tertiary/aromatic N) is 1. The summed E-state index contributed by atoms with van der Waals surface area (Å²) < 4.78 is 0. The van der Waals surface area contributed by atoms with Gasteiger partial charge in [-0.05, 0) is 37.9 Å². The Balaban J connectivity index is 2.05. The van der Waals surface area contributed by atoms with Gasteiger partial charge in [0.2, 0.25) is 0 Å². The first kappa shape index (κ1) is 12.6. The van der Waals surface area contributed by atoms with Crippen molar-refractivity contribution in [3.05, 3.63) is 34.9 Å². The lowest BCUT2D eigenvalue weighted by atomic mass is 10.0. The first-order chi connectivity index (χ1) is 8.20. The van der Waals surface area contributed by atoms with Crippen LogP contribution in [0.4, 0.5) is 0 Å². The lowest BCUT2D eigenvalue weighted by Crippen LogP contribution is -2.57. The van der Waals surface area contributed by atoms with Gasteiger partial charge in [-0.25, -0.2) is 0 Å². The second-order valence-corrected chi connectivity index (χ2v) is 5.21. The fourth-order valence-electron chi connectivity index (χ4n) is 2.45. The SMILES string of the molecule is CCCN(Cc1ccc(C)cc1C)C1CNC1. The Labute approximate surface area is 105 Å². The highest BCUT2D eigenvalue weighted by atomic mass is 15.2. The van der Waals surface area contributed by atoms with Gasteiger partial charge in [0.15, 0.2) is 0 Å². The molecule has 1 fully saturated rings. The van der Waals surface area contributed by atoms with E-state index in [4.69, 9.17) is 0 Å². The molecule has 2 nitrogen and oxygen atoms in total. The molecule has 0 aliphatic carbocycles. The molecule has 1 aromatic rings. The van der Waals surface area contributed by atoms with E-state index in [9.17, 15) is 0 Å². The Morgan fingerprint density at radius 1 is 1.29 bits per heavy atom. The topological polar surface area (TPSA) is 15.3 Å². The van der Waals surface area contributed by atoms with Crippen LogP contribution in [0.1, 0.15) is 30.0 Å². The van der Waals surface area contributed by atoms with Gasteiger partial charge in [0.1, 0.15) is 0 Å². The van der Waals surface area contributed by atoms with E-state index in [0.29, 0.717) is 0 Å². The van der Waals surface area contributed by atoms with Crippen molar-refractivity contribution >= 4 is 0 Å². The molecule has 1 N–H and O–H groups in total. The molecule has 0 unspecified atom stereocenters. The monoisotopic (exact) mass is 232 g/mol. The van der Waals surface area contributed by atoms with E-state index in [1.165, 1.54) is 29.7 Å². The molecule has 0 aromatic heterocycles. The van der Waals surface area contributed by atoms with Gasteiger partial charge < -0.3 is 5.32 Å².